The van der Waals surface area contributed by atoms with Gasteiger partial charge in [-0.2, -0.15) is 0 Å². The molecule has 0 radical (unpaired) electrons. The second-order valence-corrected chi connectivity index (χ2v) is 5.96. The molecule has 24 heavy (non-hydrogen) atoms. The molecule has 1 N–H and O–H groups in total. The standard InChI is InChI=1S/C15H14N2O6S/c1-8-9(2)24-14(13(8)15(19)22-3)16-11(18)6-4-10-5-7-12(23-10)17(20)21/h4-7H,1-3H3,(H,16,18)/b6-4+. The largest absolute Gasteiger partial charge is 0.465 e. The van der Waals surface area contributed by atoms with Crippen molar-refractivity contribution in [3.05, 3.63) is 50.1 Å². The highest BCUT2D eigenvalue weighted by Crippen LogP contribution is 2.33. The first-order valence-corrected chi connectivity index (χ1v) is 7.56. The molecular weight excluding hydrogens is 336 g/mol. The van der Waals surface area contributed by atoms with Crippen molar-refractivity contribution in [3.63, 3.8) is 0 Å². The summed E-state index contributed by atoms with van der Waals surface area (Å²) < 4.78 is 9.64. The predicted molar refractivity (Wildman–Crippen MR) is 88.2 cm³/mol. The maximum atomic E-state index is 12.0. The van der Waals surface area contributed by atoms with Crippen molar-refractivity contribution < 1.29 is 23.7 Å². The average Bonchev–Trinajstić information content (AvgIpc) is 3.11. The number of nitrogens with one attached hydrogen (secondary N) is 1. The number of furan rings is 1. The van der Waals surface area contributed by atoms with Gasteiger partial charge in [-0.25, -0.2) is 4.79 Å². The van der Waals surface area contributed by atoms with Crippen LogP contribution in [0.25, 0.3) is 6.08 Å². The van der Waals surface area contributed by atoms with E-state index < -0.39 is 22.7 Å². The van der Waals surface area contributed by atoms with E-state index in [1.54, 1.807) is 6.92 Å². The van der Waals surface area contributed by atoms with Crippen LogP contribution in [0.4, 0.5) is 10.9 Å². The zero-order valence-electron chi connectivity index (χ0n) is 13.1. The Hall–Kier alpha value is -2.94. The van der Waals surface area contributed by atoms with Crippen molar-refractivity contribution in [3.8, 4) is 0 Å². The monoisotopic (exact) mass is 350 g/mol. The van der Waals surface area contributed by atoms with Crippen molar-refractivity contribution in [1.29, 1.82) is 0 Å². The lowest BCUT2D eigenvalue weighted by atomic mass is 10.1. The van der Waals surface area contributed by atoms with E-state index >= 15 is 0 Å². The van der Waals surface area contributed by atoms with Crippen molar-refractivity contribution in [2.45, 2.75) is 13.8 Å². The molecule has 9 heteroatoms. The van der Waals surface area contributed by atoms with E-state index in [2.05, 4.69) is 5.32 Å². The average molecular weight is 350 g/mol. The van der Waals surface area contributed by atoms with Crippen molar-refractivity contribution in [2.75, 3.05) is 12.4 Å². The number of anilines is 1. The molecule has 0 atom stereocenters. The highest BCUT2D eigenvalue weighted by atomic mass is 32.1. The molecule has 2 heterocycles. The number of aryl methyl sites for hydroxylation is 1. The molecule has 0 saturated carbocycles. The fourth-order valence-electron chi connectivity index (χ4n) is 1.90. The molecule has 126 valence electrons. The maximum absolute atomic E-state index is 12.0. The van der Waals surface area contributed by atoms with Gasteiger partial charge < -0.3 is 14.5 Å². The Kier molecular flexibility index (Phi) is 5.14. The number of thiophene rings is 1. The van der Waals surface area contributed by atoms with E-state index in [9.17, 15) is 19.7 Å². The van der Waals surface area contributed by atoms with Gasteiger partial charge in [0.05, 0.1) is 18.7 Å². The topological polar surface area (TPSA) is 112 Å². The smallest absolute Gasteiger partial charge is 0.433 e. The zero-order chi connectivity index (χ0) is 17.9. The van der Waals surface area contributed by atoms with Crippen molar-refractivity contribution in [2.24, 2.45) is 0 Å². The molecular formula is C15H14N2O6S. The Labute approximate surface area is 140 Å². The van der Waals surface area contributed by atoms with Gasteiger partial charge >= 0.3 is 11.9 Å². The van der Waals surface area contributed by atoms with Crippen molar-refractivity contribution in [1.82, 2.24) is 0 Å². The Morgan fingerprint density at radius 2 is 2.08 bits per heavy atom. The molecule has 2 aromatic rings. The fraction of sp³-hybridized carbons (Fsp3) is 0.200. The van der Waals surface area contributed by atoms with Crippen LogP contribution in [0.3, 0.4) is 0 Å². The normalized spacial score (nSPS) is 10.8. The van der Waals surface area contributed by atoms with Crippen LogP contribution in [-0.4, -0.2) is 23.9 Å². The molecule has 0 unspecified atom stereocenters. The first kappa shape index (κ1) is 17.4. The first-order chi connectivity index (χ1) is 11.3. The molecule has 0 spiro atoms. The summed E-state index contributed by atoms with van der Waals surface area (Å²) in [5, 5.41) is 13.5. The van der Waals surface area contributed by atoms with Gasteiger partial charge in [0.1, 0.15) is 15.7 Å². The van der Waals surface area contributed by atoms with E-state index in [1.165, 1.54) is 36.7 Å². The van der Waals surface area contributed by atoms with Crippen LogP contribution in [0, 0.1) is 24.0 Å². The number of rotatable bonds is 5. The van der Waals surface area contributed by atoms with Crippen LogP contribution in [0.5, 0.6) is 0 Å². The summed E-state index contributed by atoms with van der Waals surface area (Å²) in [7, 11) is 1.27. The van der Waals surface area contributed by atoms with E-state index in [4.69, 9.17) is 9.15 Å². The minimum Gasteiger partial charge on any atom is -0.465 e. The van der Waals surface area contributed by atoms with E-state index in [-0.39, 0.29) is 5.76 Å². The minimum atomic E-state index is -0.669. The van der Waals surface area contributed by atoms with Gasteiger partial charge in [0.25, 0.3) is 0 Å². The maximum Gasteiger partial charge on any atom is 0.433 e. The number of hydrogen-bond donors (Lipinski definition) is 1. The third-order valence-corrected chi connectivity index (χ3v) is 4.33. The van der Waals surface area contributed by atoms with E-state index in [1.807, 2.05) is 6.92 Å². The number of amides is 1. The van der Waals surface area contributed by atoms with Crippen molar-refractivity contribution >= 4 is 40.2 Å². The lowest BCUT2D eigenvalue weighted by molar-refractivity contribution is -0.402. The zero-order valence-corrected chi connectivity index (χ0v) is 13.9. The summed E-state index contributed by atoms with van der Waals surface area (Å²) in [6.45, 7) is 3.60. The van der Waals surface area contributed by atoms with Crippen LogP contribution in [0.15, 0.2) is 22.6 Å². The van der Waals surface area contributed by atoms with Crippen LogP contribution in [0.2, 0.25) is 0 Å². The van der Waals surface area contributed by atoms with Gasteiger partial charge in [0, 0.05) is 11.0 Å². The van der Waals surface area contributed by atoms with Gasteiger partial charge in [-0.05, 0) is 31.6 Å². The second-order valence-electron chi connectivity index (χ2n) is 4.73. The third kappa shape index (κ3) is 3.69. The third-order valence-electron chi connectivity index (χ3n) is 3.20. The highest BCUT2D eigenvalue weighted by molar-refractivity contribution is 7.16. The van der Waals surface area contributed by atoms with Gasteiger partial charge in [0.15, 0.2) is 0 Å². The number of nitro groups is 1. The number of nitrogens with zero attached hydrogens (tertiary/aromatic N) is 1. The number of hydrogen-bond acceptors (Lipinski definition) is 7. The summed E-state index contributed by atoms with van der Waals surface area (Å²) in [5.74, 6) is -1.27. The summed E-state index contributed by atoms with van der Waals surface area (Å²) in [5.41, 5.74) is 1.06. The molecule has 0 bridgehead atoms. The summed E-state index contributed by atoms with van der Waals surface area (Å²) in [6, 6.07) is 2.57. The van der Waals surface area contributed by atoms with Gasteiger partial charge in [-0.15, -0.1) is 11.3 Å². The number of methoxy groups -OCH3 is 1. The number of ether oxygens (including phenoxy) is 1. The molecule has 0 saturated heterocycles. The predicted octanol–water partition coefficient (Wildman–Crippen LogP) is 3.30. The Balaban J connectivity index is 2.15. The Morgan fingerprint density at radius 3 is 2.67 bits per heavy atom. The lowest BCUT2D eigenvalue weighted by Crippen LogP contribution is -2.11. The number of carbonyl (C=O) groups excluding carboxylic acids is 2. The summed E-state index contributed by atoms with van der Waals surface area (Å²) >= 11 is 1.26. The van der Waals surface area contributed by atoms with E-state index in [0.717, 1.165) is 16.5 Å². The summed E-state index contributed by atoms with van der Waals surface area (Å²) in [6.07, 6.45) is 2.46. The molecule has 0 aromatic carbocycles. The Bertz CT molecular complexity index is 833. The second kappa shape index (κ2) is 7.09. The molecule has 0 aliphatic heterocycles. The number of esters is 1. The molecule has 1 amide bonds. The summed E-state index contributed by atoms with van der Waals surface area (Å²) in [4.78, 5) is 34.6. The molecule has 8 nitrogen and oxygen atoms in total. The van der Waals surface area contributed by atoms with Gasteiger partial charge in [-0.1, -0.05) is 0 Å². The molecule has 2 aromatic heterocycles. The molecule has 0 fully saturated rings. The van der Waals surface area contributed by atoms with Crippen LogP contribution in [-0.2, 0) is 9.53 Å². The fourth-order valence-corrected chi connectivity index (χ4v) is 2.96. The Morgan fingerprint density at radius 1 is 1.38 bits per heavy atom. The van der Waals surface area contributed by atoms with Crippen LogP contribution < -0.4 is 5.32 Å². The van der Waals surface area contributed by atoms with Crippen LogP contribution in [0.1, 0.15) is 26.6 Å². The lowest BCUT2D eigenvalue weighted by Gasteiger charge is -2.03. The molecule has 0 aliphatic carbocycles. The minimum absolute atomic E-state index is 0.170. The van der Waals surface area contributed by atoms with E-state index in [0.29, 0.717) is 10.6 Å². The molecule has 2 rings (SSSR count). The molecule has 0 aliphatic rings. The highest BCUT2D eigenvalue weighted by Gasteiger charge is 2.21. The SMILES string of the molecule is COC(=O)c1c(NC(=O)/C=C/c2ccc([N+](=O)[O-])o2)sc(C)c1C. The quantitative estimate of drug-likeness (QED) is 0.383. The number of carbonyl (C=O) groups is 2. The first-order valence-electron chi connectivity index (χ1n) is 6.75. The van der Waals surface area contributed by atoms with Gasteiger partial charge in [0.2, 0.25) is 5.91 Å². The van der Waals surface area contributed by atoms with Gasteiger partial charge in [-0.3, -0.25) is 14.9 Å². The van der Waals surface area contributed by atoms with Crippen LogP contribution >= 0.6 is 11.3 Å².